The fourth-order valence-electron chi connectivity index (χ4n) is 0.454. The van der Waals surface area contributed by atoms with Crippen LogP contribution >= 0.6 is 0 Å². The second kappa shape index (κ2) is 7.52. The minimum atomic E-state index is 0.196. The summed E-state index contributed by atoms with van der Waals surface area (Å²) >= 11 is 0. The summed E-state index contributed by atoms with van der Waals surface area (Å²) in [7, 11) is 0. The third-order valence-corrected chi connectivity index (χ3v) is 0.892. The van der Waals surface area contributed by atoms with Gasteiger partial charge in [-0.1, -0.05) is 5.18 Å². The number of aliphatic hydroxyl groups is 1. The molecule has 2 N–H and O–H groups in total. The molecule has 0 bridgehead atoms. The molecule has 0 unspecified atom stereocenters. The molecule has 0 aromatic heterocycles. The molecule has 0 atom stereocenters. The largest absolute Gasteiger partial charge is 0.396 e. The van der Waals surface area contributed by atoms with Crippen LogP contribution in [0.3, 0.4) is 0 Å². The Balaban J connectivity index is 2.66. The van der Waals surface area contributed by atoms with E-state index in [4.69, 9.17) is 5.11 Å². The van der Waals surface area contributed by atoms with E-state index in [2.05, 4.69) is 10.5 Å². The highest BCUT2D eigenvalue weighted by molar-refractivity contribution is 4.48. The Morgan fingerprint density at radius 3 is 2.78 bits per heavy atom. The van der Waals surface area contributed by atoms with Gasteiger partial charge in [0, 0.05) is 13.2 Å². The van der Waals surface area contributed by atoms with Crippen LogP contribution in [0.5, 0.6) is 0 Å². The maximum Gasteiger partial charge on any atom is 0.0935 e. The van der Waals surface area contributed by atoms with Crippen LogP contribution in [0.1, 0.15) is 6.42 Å². The fraction of sp³-hybridized carbons (Fsp3) is 1.00. The number of nitrogens with zero attached hydrogens (tertiary/aromatic N) is 1. The lowest BCUT2D eigenvalue weighted by atomic mass is 10.4. The molecule has 0 aromatic carbocycles. The smallest absolute Gasteiger partial charge is 0.0935 e. The first-order valence-electron chi connectivity index (χ1n) is 3.02. The summed E-state index contributed by atoms with van der Waals surface area (Å²) < 4.78 is 0. The average molecular weight is 132 g/mol. The molecule has 0 aliphatic carbocycles. The molecular formula is C5H12N2O2. The van der Waals surface area contributed by atoms with Crippen molar-refractivity contribution in [2.24, 2.45) is 5.18 Å². The van der Waals surface area contributed by atoms with Crippen molar-refractivity contribution in [1.82, 2.24) is 5.32 Å². The van der Waals surface area contributed by atoms with E-state index < -0.39 is 0 Å². The van der Waals surface area contributed by atoms with Crippen molar-refractivity contribution in [1.29, 1.82) is 0 Å². The van der Waals surface area contributed by atoms with Gasteiger partial charge >= 0.3 is 0 Å². The predicted octanol–water partition coefficient (Wildman–Crippen LogP) is -0.275. The zero-order chi connectivity index (χ0) is 6.95. The summed E-state index contributed by atoms with van der Waals surface area (Å²) in [5, 5.41) is 13.9. The van der Waals surface area contributed by atoms with Gasteiger partial charge in [-0.05, 0) is 13.0 Å². The molecule has 0 aliphatic rings. The van der Waals surface area contributed by atoms with Gasteiger partial charge < -0.3 is 10.4 Å². The average Bonchev–Trinajstić information content (AvgIpc) is 1.89. The Morgan fingerprint density at radius 1 is 1.44 bits per heavy atom. The van der Waals surface area contributed by atoms with Gasteiger partial charge in [0.2, 0.25) is 0 Å². The molecule has 0 saturated carbocycles. The van der Waals surface area contributed by atoms with Crippen LogP contribution < -0.4 is 5.32 Å². The zero-order valence-electron chi connectivity index (χ0n) is 5.34. The lowest BCUT2D eigenvalue weighted by molar-refractivity contribution is 0.286. The van der Waals surface area contributed by atoms with Gasteiger partial charge in [-0.3, -0.25) is 0 Å². The van der Waals surface area contributed by atoms with E-state index in [9.17, 15) is 4.91 Å². The van der Waals surface area contributed by atoms with Crippen LogP contribution in [0.25, 0.3) is 0 Å². The Bertz CT molecular complexity index is 68.0. The van der Waals surface area contributed by atoms with Crippen LogP contribution in [0.2, 0.25) is 0 Å². The third-order valence-electron chi connectivity index (χ3n) is 0.892. The first-order valence-corrected chi connectivity index (χ1v) is 3.02. The lowest BCUT2D eigenvalue weighted by Crippen LogP contribution is -2.19. The van der Waals surface area contributed by atoms with E-state index in [0.29, 0.717) is 13.1 Å². The molecule has 9 heavy (non-hydrogen) atoms. The highest BCUT2D eigenvalue weighted by atomic mass is 16.3. The summed E-state index contributed by atoms with van der Waals surface area (Å²) in [5.41, 5.74) is 0. The molecule has 0 aliphatic heterocycles. The Morgan fingerprint density at radius 2 is 2.22 bits per heavy atom. The molecular weight excluding hydrogens is 120 g/mol. The van der Waals surface area contributed by atoms with Gasteiger partial charge in [0.1, 0.15) is 0 Å². The highest BCUT2D eigenvalue weighted by Gasteiger charge is 1.84. The molecule has 0 fully saturated rings. The minimum Gasteiger partial charge on any atom is -0.396 e. The predicted molar refractivity (Wildman–Crippen MR) is 35.2 cm³/mol. The van der Waals surface area contributed by atoms with E-state index >= 15 is 0 Å². The van der Waals surface area contributed by atoms with Gasteiger partial charge in [-0.2, -0.15) is 4.91 Å². The Hall–Kier alpha value is -0.480. The van der Waals surface area contributed by atoms with Gasteiger partial charge in [-0.15, -0.1) is 0 Å². The Labute approximate surface area is 54.2 Å². The maximum atomic E-state index is 9.50. The molecule has 0 saturated heterocycles. The van der Waals surface area contributed by atoms with Crippen LogP contribution in [0.4, 0.5) is 0 Å². The molecule has 0 spiro atoms. The Kier molecular flexibility index (Phi) is 7.12. The summed E-state index contributed by atoms with van der Waals surface area (Å²) in [5.74, 6) is 0. The number of hydrogen-bond donors (Lipinski definition) is 2. The van der Waals surface area contributed by atoms with Crippen molar-refractivity contribution in [2.45, 2.75) is 6.42 Å². The first-order chi connectivity index (χ1) is 4.41. The number of rotatable bonds is 6. The fourth-order valence-corrected chi connectivity index (χ4v) is 0.454. The SMILES string of the molecule is O=NCCNCCCO. The van der Waals surface area contributed by atoms with E-state index in [0.717, 1.165) is 13.0 Å². The van der Waals surface area contributed by atoms with Crippen molar-refractivity contribution in [3.05, 3.63) is 4.91 Å². The van der Waals surface area contributed by atoms with E-state index in [1.54, 1.807) is 0 Å². The number of nitroso groups, excluding NO2 is 1. The van der Waals surface area contributed by atoms with Gasteiger partial charge in [0.15, 0.2) is 0 Å². The normalized spacial score (nSPS) is 9.44. The first kappa shape index (κ1) is 8.52. The second-order valence-corrected chi connectivity index (χ2v) is 1.68. The topological polar surface area (TPSA) is 61.7 Å². The van der Waals surface area contributed by atoms with Gasteiger partial charge in [-0.25, -0.2) is 0 Å². The van der Waals surface area contributed by atoms with Crippen LogP contribution in [0, 0.1) is 4.91 Å². The quantitative estimate of drug-likeness (QED) is 0.386. The number of hydrogen-bond acceptors (Lipinski definition) is 4. The molecule has 4 nitrogen and oxygen atoms in total. The summed E-state index contributed by atoms with van der Waals surface area (Å²) in [6.45, 7) is 1.88. The van der Waals surface area contributed by atoms with Gasteiger partial charge in [0.05, 0.1) is 6.54 Å². The van der Waals surface area contributed by atoms with Crippen LogP contribution in [-0.4, -0.2) is 31.3 Å². The van der Waals surface area contributed by atoms with Crippen molar-refractivity contribution < 1.29 is 5.11 Å². The molecule has 0 radical (unpaired) electrons. The molecule has 0 heterocycles. The molecule has 0 rings (SSSR count). The summed E-state index contributed by atoms with van der Waals surface area (Å²) in [6.07, 6.45) is 0.735. The third kappa shape index (κ3) is 7.52. The maximum absolute atomic E-state index is 9.50. The van der Waals surface area contributed by atoms with Crippen molar-refractivity contribution in [2.75, 3.05) is 26.2 Å². The van der Waals surface area contributed by atoms with E-state index in [-0.39, 0.29) is 6.61 Å². The van der Waals surface area contributed by atoms with Crippen molar-refractivity contribution >= 4 is 0 Å². The minimum absolute atomic E-state index is 0.196. The molecule has 0 amide bonds. The standard InChI is InChI=1S/C5H12N2O2/c8-5-1-2-6-3-4-7-9/h6,8H,1-5H2. The second-order valence-electron chi connectivity index (χ2n) is 1.68. The zero-order valence-corrected chi connectivity index (χ0v) is 5.34. The molecule has 54 valence electrons. The van der Waals surface area contributed by atoms with Crippen LogP contribution in [0.15, 0.2) is 5.18 Å². The molecule has 0 aromatic rings. The summed E-state index contributed by atoms with van der Waals surface area (Å²) in [4.78, 5) is 9.50. The number of aliphatic hydroxyl groups excluding tert-OH is 1. The summed E-state index contributed by atoms with van der Waals surface area (Å²) in [6, 6.07) is 0. The monoisotopic (exact) mass is 132 g/mol. The lowest BCUT2D eigenvalue weighted by Gasteiger charge is -1.96. The van der Waals surface area contributed by atoms with E-state index in [1.807, 2.05) is 0 Å². The number of nitrogens with one attached hydrogen (secondary N) is 1. The molecule has 4 heteroatoms. The van der Waals surface area contributed by atoms with Crippen LogP contribution in [-0.2, 0) is 0 Å². The van der Waals surface area contributed by atoms with Gasteiger partial charge in [0.25, 0.3) is 0 Å². The van der Waals surface area contributed by atoms with Crippen molar-refractivity contribution in [3.63, 3.8) is 0 Å². The van der Waals surface area contributed by atoms with E-state index in [1.165, 1.54) is 0 Å². The van der Waals surface area contributed by atoms with Crippen molar-refractivity contribution in [3.8, 4) is 0 Å². The highest BCUT2D eigenvalue weighted by Crippen LogP contribution is 1.71.